The minimum atomic E-state index is 0.459. The number of nitrogens with zero attached hydrogens (tertiary/aromatic N) is 1. The number of rotatable bonds is 6. The lowest BCUT2D eigenvalue weighted by Gasteiger charge is -2.33. The van der Waals surface area contributed by atoms with E-state index in [0.717, 1.165) is 57.6 Å². The molecule has 22 heavy (non-hydrogen) atoms. The number of nitrogen functional groups attached to an aromatic ring is 1. The molecule has 2 N–H and O–H groups in total. The van der Waals surface area contributed by atoms with Crippen molar-refractivity contribution in [2.75, 3.05) is 25.4 Å². The largest absolute Gasteiger partial charge is 0.398 e. The molecule has 1 heterocycles. The summed E-state index contributed by atoms with van der Waals surface area (Å²) in [4.78, 5) is 2.57. The van der Waals surface area contributed by atoms with Crippen LogP contribution in [0.25, 0.3) is 0 Å². The van der Waals surface area contributed by atoms with E-state index in [4.69, 9.17) is 10.5 Å². The van der Waals surface area contributed by atoms with Crippen LogP contribution in [0.4, 0.5) is 5.69 Å². The van der Waals surface area contributed by atoms with Crippen molar-refractivity contribution in [2.24, 2.45) is 0 Å². The van der Waals surface area contributed by atoms with E-state index in [-0.39, 0.29) is 0 Å². The molecule has 1 aromatic carbocycles. The van der Waals surface area contributed by atoms with Gasteiger partial charge in [0.1, 0.15) is 0 Å². The van der Waals surface area contributed by atoms with Gasteiger partial charge >= 0.3 is 0 Å². The highest BCUT2D eigenvalue weighted by Crippen LogP contribution is 2.28. The Kier molecular flexibility index (Phi) is 6.27. The molecule has 1 aromatic rings. The van der Waals surface area contributed by atoms with E-state index in [2.05, 4.69) is 38.7 Å². The third-order valence-electron chi connectivity index (χ3n) is 4.95. The van der Waals surface area contributed by atoms with Gasteiger partial charge in [-0.15, -0.1) is 0 Å². The smallest absolute Gasteiger partial charge is 0.0599 e. The number of hydrogen-bond acceptors (Lipinski definition) is 3. The van der Waals surface area contributed by atoms with Gasteiger partial charge < -0.3 is 10.5 Å². The topological polar surface area (TPSA) is 38.5 Å². The summed E-state index contributed by atoms with van der Waals surface area (Å²) in [7, 11) is 0. The normalized spacial score (nSPS) is 17.1. The Morgan fingerprint density at radius 2 is 1.82 bits per heavy atom. The fraction of sp³-hybridized carbons (Fsp3) is 0.684. The van der Waals surface area contributed by atoms with Crippen LogP contribution in [0.5, 0.6) is 0 Å². The Hall–Kier alpha value is -1.06. The Morgan fingerprint density at radius 3 is 2.36 bits per heavy atom. The van der Waals surface area contributed by atoms with Crippen molar-refractivity contribution in [3.05, 3.63) is 28.3 Å². The summed E-state index contributed by atoms with van der Waals surface area (Å²) in [5, 5.41) is 0. The second-order valence-electron chi connectivity index (χ2n) is 6.36. The van der Waals surface area contributed by atoms with Gasteiger partial charge in [0.2, 0.25) is 0 Å². The molecule has 0 spiro atoms. The van der Waals surface area contributed by atoms with Crippen LogP contribution >= 0.6 is 0 Å². The number of ether oxygens (including phenoxy) is 1. The second kappa shape index (κ2) is 7.98. The predicted molar refractivity (Wildman–Crippen MR) is 94.3 cm³/mol. The first-order valence-electron chi connectivity index (χ1n) is 8.84. The summed E-state index contributed by atoms with van der Waals surface area (Å²) in [6.45, 7) is 12.8. The minimum Gasteiger partial charge on any atom is -0.398 e. The van der Waals surface area contributed by atoms with Gasteiger partial charge in [-0.05, 0) is 61.8 Å². The summed E-state index contributed by atoms with van der Waals surface area (Å²) < 4.78 is 5.76. The van der Waals surface area contributed by atoms with Crippen molar-refractivity contribution in [2.45, 2.75) is 66.0 Å². The molecule has 0 amide bonds. The highest BCUT2D eigenvalue weighted by Gasteiger charge is 2.21. The van der Waals surface area contributed by atoms with Gasteiger partial charge in [-0.2, -0.15) is 0 Å². The van der Waals surface area contributed by atoms with Gasteiger partial charge in [0.25, 0.3) is 0 Å². The summed E-state index contributed by atoms with van der Waals surface area (Å²) in [6, 6.07) is 2.29. The third kappa shape index (κ3) is 3.82. The maximum absolute atomic E-state index is 6.35. The van der Waals surface area contributed by atoms with Crippen LogP contribution in [0.1, 0.15) is 55.9 Å². The molecule has 3 nitrogen and oxygen atoms in total. The average molecular weight is 304 g/mol. The van der Waals surface area contributed by atoms with Crippen LogP contribution in [0, 0.1) is 6.92 Å². The molecule has 0 unspecified atom stereocenters. The van der Waals surface area contributed by atoms with Crippen molar-refractivity contribution in [1.82, 2.24) is 4.90 Å². The molecule has 1 saturated heterocycles. The summed E-state index contributed by atoms with van der Waals surface area (Å²) in [5.41, 5.74) is 12.9. The molecule has 0 saturated carbocycles. The van der Waals surface area contributed by atoms with Crippen LogP contribution in [0.3, 0.4) is 0 Å². The first-order valence-corrected chi connectivity index (χ1v) is 8.84. The van der Waals surface area contributed by atoms with Gasteiger partial charge in [-0.1, -0.05) is 19.9 Å². The fourth-order valence-electron chi connectivity index (χ4n) is 3.63. The molecule has 0 aromatic heterocycles. The van der Waals surface area contributed by atoms with Gasteiger partial charge in [0.05, 0.1) is 6.10 Å². The van der Waals surface area contributed by atoms with Crippen LogP contribution in [0.2, 0.25) is 0 Å². The van der Waals surface area contributed by atoms with Crippen LogP contribution < -0.4 is 5.73 Å². The minimum absolute atomic E-state index is 0.459. The van der Waals surface area contributed by atoms with Gasteiger partial charge in [0.15, 0.2) is 0 Å². The van der Waals surface area contributed by atoms with Crippen molar-refractivity contribution < 1.29 is 4.74 Å². The number of likely N-dealkylation sites (tertiary alicyclic amines) is 1. The van der Waals surface area contributed by atoms with E-state index >= 15 is 0 Å². The standard InChI is InChI=1S/C19H32N2O/c1-5-15-12-14(4)19(20)17(6-2)18(15)13-21-10-8-16(9-11-21)22-7-3/h12,16H,5-11,13,20H2,1-4H3. The SMILES string of the molecule is CCOC1CCN(Cc2c(CC)cc(C)c(N)c2CC)CC1. The van der Waals surface area contributed by atoms with Crippen molar-refractivity contribution >= 4 is 5.69 Å². The maximum atomic E-state index is 6.35. The molecular weight excluding hydrogens is 272 g/mol. The highest BCUT2D eigenvalue weighted by molar-refractivity contribution is 5.59. The lowest BCUT2D eigenvalue weighted by Crippen LogP contribution is -2.37. The third-order valence-corrected chi connectivity index (χ3v) is 4.95. The number of hydrogen-bond donors (Lipinski definition) is 1. The Labute approximate surface area is 135 Å². The Balaban J connectivity index is 2.14. The van der Waals surface area contributed by atoms with Gasteiger partial charge in [-0.3, -0.25) is 4.90 Å². The van der Waals surface area contributed by atoms with E-state index in [1.54, 1.807) is 0 Å². The fourth-order valence-corrected chi connectivity index (χ4v) is 3.63. The number of anilines is 1. The molecule has 0 bridgehead atoms. The van der Waals surface area contributed by atoms with Crippen molar-refractivity contribution in [1.29, 1.82) is 0 Å². The second-order valence-corrected chi connectivity index (χ2v) is 6.36. The van der Waals surface area contributed by atoms with E-state index in [1.165, 1.54) is 22.3 Å². The van der Waals surface area contributed by atoms with E-state index in [0.29, 0.717) is 6.10 Å². The average Bonchev–Trinajstić information content (AvgIpc) is 2.53. The molecule has 124 valence electrons. The summed E-state index contributed by atoms with van der Waals surface area (Å²) in [5.74, 6) is 0. The summed E-state index contributed by atoms with van der Waals surface area (Å²) >= 11 is 0. The number of aryl methyl sites for hydroxylation is 2. The van der Waals surface area contributed by atoms with Gasteiger partial charge in [-0.25, -0.2) is 0 Å². The molecule has 2 rings (SSSR count). The zero-order valence-corrected chi connectivity index (χ0v) is 14.7. The molecular formula is C19H32N2O. The Bertz CT molecular complexity index is 491. The van der Waals surface area contributed by atoms with Crippen molar-refractivity contribution in [3.8, 4) is 0 Å². The van der Waals surface area contributed by atoms with E-state index in [9.17, 15) is 0 Å². The number of benzene rings is 1. The zero-order chi connectivity index (χ0) is 16.1. The van der Waals surface area contributed by atoms with Crippen LogP contribution in [-0.2, 0) is 24.1 Å². The molecule has 0 radical (unpaired) electrons. The lowest BCUT2D eigenvalue weighted by atomic mass is 9.92. The number of piperidine rings is 1. The first kappa shape index (κ1) is 17.3. The molecule has 0 aliphatic carbocycles. The van der Waals surface area contributed by atoms with E-state index < -0.39 is 0 Å². The molecule has 1 aliphatic rings. The molecule has 1 aliphatic heterocycles. The van der Waals surface area contributed by atoms with Gasteiger partial charge in [0, 0.05) is 31.9 Å². The zero-order valence-electron chi connectivity index (χ0n) is 14.7. The maximum Gasteiger partial charge on any atom is 0.0599 e. The predicted octanol–water partition coefficient (Wildman–Crippen LogP) is 3.70. The molecule has 3 heteroatoms. The Morgan fingerprint density at radius 1 is 1.14 bits per heavy atom. The summed E-state index contributed by atoms with van der Waals surface area (Å²) in [6.07, 6.45) is 4.86. The van der Waals surface area contributed by atoms with Crippen molar-refractivity contribution in [3.63, 3.8) is 0 Å². The van der Waals surface area contributed by atoms with Crippen LogP contribution in [-0.4, -0.2) is 30.7 Å². The molecule has 0 atom stereocenters. The number of nitrogens with two attached hydrogens (primary N) is 1. The molecule has 1 fully saturated rings. The first-order chi connectivity index (χ1) is 10.6. The van der Waals surface area contributed by atoms with Crippen LogP contribution in [0.15, 0.2) is 6.07 Å². The highest BCUT2D eigenvalue weighted by atomic mass is 16.5. The lowest BCUT2D eigenvalue weighted by molar-refractivity contribution is 0.0124. The monoisotopic (exact) mass is 304 g/mol. The van der Waals surface area contributed by atoms with E-state index in [1.807, 2.05) is 0 Å². The quantitative estimate of drug-likeness (QED) is 0.814.